The van der Waals surface area contributed by atoms with E-state index >= 15 is 0 Å². The number of rotatable bonds is 6. The number of carbonyl (C=O) groups is 1. The van der Waals surface area contributed by atoms with Gasteiger partial charge in [-0.25, -0.2) is 4.98 Å². The van der Waals surface area contributed by atoms with Crippen molar-refractivity contribution < 1.29 is 9.53 Å². The van der Waals surface area contributed by atoms with Gasteiger partial charge in [-0.2, -0.15) is 0 Å². The first-order chi connectivity index (χ1) is 13.4. The topological polar surface area (TPSA) is 42.4 Å². The molecule has 0 aliphatic heterocycles. The van der Waals surface area contributed by atoms with Crippen LogP contribution in [0.4, 0.5) is 0 Å². The maximum absolute atomic E-state index is 12.5. The Balaban J connectivity index is 1.80. The molecule has 0 saturated heterocycles. The lowest BCUT2D eigenvalue weighted by Gasteiger charge is -2.20. The summed E-state index contributed by atoms with van der Waals surface area (Å²) in [6.07, 6.45) is 0. The average molecular weight is 435 g/mol. The van der Waals surface area contributed by atoms with Gasteiger partial charge in [-0.05, 0) is 43.7 Å². The summed E-state index contributed by atoms with van der Waals surface area (Å²) in [5.41, 5.74) is 2.20. The fourth-order valence-electron chi connectivity index (χ4n) is 2.47. The van der Waals surface area contributed by atoms with Crippen molar-refractivity contribution in [3.8, 4) is 16.3 Å². The van der Waals surface area contributed by atoms with Crippen molar-refractivity contribution in [2.45, 2.75) is 26.5 Å². The molecule has 0 aliphatic rings. The fraction of sp³-hybridized carbons (Fsp3) is 0.238. The van der Waals surface area contributed by atoms with E-state index in [1.54, 1.807) is 29.5 Å². The van der Waals surface area contributed by atoms with Crippen molar-refractivity contribution in [3.05, 3.63) is 69.1 Å². The van der Waals surface area contributed by atoms with Crippen molar-refractivity contribution in [1.82, 2.24) is 9.88 Å². The van der Waals surface area contributed by atoms with Gasteiger partial charge in [0.05, 0.1) is 15.6 Å². The molecule has 3 aromatic rings. The minimum absolute atomic E-state index is 0.0910. The Bertz CT molecular complexity index is 988. The Kier molecular flexibility index (Phi) is 6.60. The number of hydrogen-bond donors (Lipinski definition) is 0. The maximum Gasteiger partial charge on any atom is 0.273 e. The molecule has 146 valence electrons. The predicted octanol–water partition coefficient (Wildman–Crippen LogP) is 6.18. The molecule has 1 amide bonds. The summed E-state index contributed by atoms with van der Waals surface area (Å²) in [6.45, 7) is 4.29. The summed E-state index contributed by atoms with van der Waals surface area (Å²) in [7, 11) is 1.78. The van der Waals surface area contributed by atoms with Crippen molar-refractivity contribution in [2.75, 3.05) is 7.05 Å². The highest BCUT2D eigenvalue weighted by Gasteiger charge is 2.19. The molecule has 28 heavy (non-hydrogen) atoms. The summed E-state index contributed by atoms with van der Waals surface area (Å²) in [5.74, 6) is 0.603. The second kappa shape index (κ2) is 8.95. The van der Waals surface area contributed by atoms with E-state index in [4.69, 9.17) is 27.9 Å². The van der Waals surface area contributed by atoms with Crippen LogP contribution in [0.3, 0.4) is 0 Å². The molecule has 0 saturated carbocycles. The van der Waals surface area contributed by atoms with Crippen LogP contribution in [0.15, 0.2) is 47.8 Å². The van der Waals surface area contributed by atoms with Crippen molar-refractivity contribution >= 4 is 40.4 Å². The van der Waals surface area contributed by atoms with Crippen LogP contribution in [-0.4, -0.2) is 28.9 Å². The molecule has 7 heteroatoms. The van der Waals surface area contributed by atoms with E-state index in [9.17, 15) is 4.79 Å². The Morgan fingerprint density at radius 3 is 2.64 bits per heavy atom. The normalized spacial score (nSPS) is 10.9. The van der Waals surface area contributed by atoms with Gasteiger partial charge >= 0.3 is 0 Å². The van der Waals surface area contributed by atoms with Gasteiger partial charge in [0.25, 0.3) is 5.91 Å². The van der Waals surface area contributed by atoms with Crippen LogP contribution in [0.25, 0.3) is 10.6 Å². The summed E-state index contributed by atoms with van der Waals surface area (Å²) in [4.78, 5) is 18.7. The van der Waals surface area contributed by atoms with E-state index in [-0.39, 0.29) is 11.9 Å². The van der Waals surface area contributed by atoms with Crippen LogP contribution in [0.2, 0.25) is 10.0 Å². The number of amides is 1. The zero-order valence-electron chi connectivity index (χ0n) is 15.8. The molecule has 1 heterocycles. The number of para-hydroxylation sites is 1. The molecule has 1 aromatic heterocycles. The minimum Gasteiger partial charge on any atom is -0.488 e. The lowest BCUT2D eigenvalue weighted by molar-refractivity contribution is 0.0750. The number of aromatic nitrogens is 1. The van der Waals surface area contributed by atoms with E-state index < -0.39 is 0 Å². The molecule has 0 aliphatic carbocycles. The third-order valence-electron chi connectivity index (χ3n) is 4.31. The summed E-state index contributed by atoms with van der Waals surface area (Å²) < 4.78 is 6.00. The summed E-state index contributed by atoms with van der Waals surface area (Å²) >= 11 is 13.5. The van der Waals surface area contributed by atoms with Crippen LogP contribution in [0.5, 0.6) is 5.75 Å². The largest absolute Gasteiger partial charge is 0.488 e. The third kappa shape index (κ3) is 4.66. The molecule has 0 unspecified atom stereocenters. The van der Waals surface area contributed by atoms with Crippen molar-refractivity contribution in [3.63, 3.8) is 0 Å². The van der Waals surface area contributed by atoms with E-state index in [2.05, 4.69) is 4.98 Å². The Labute approximate surface area is 178 Å². The molecule has 4 nitrogen and oxygen atoms in total. The first-order valence-electron chi connectivity index (χ1n) is 8.75. The molecule has 0 spiro atoms. The number of benzene rings is 2. The van der Waals surface area contributed by atoms with Gasteiger partial charge in [-0.3, -0.25) is 4.79 Å². The quantitative estimate of drug-likeness (QED) is 0.465. The molecular weight excluding hydrogens is 415 g/mol. The number of halogens is 2. The van der Waals surface area contributed by atoms with Crippen LogP contribution in [0.1, 0.15) is 29.9 Å². The van der Waals surface area contributed by atoms with Gasteiger partial charge in [0.2, 0.25) is 0 Å². The van der Waals surface area contributed by atoms with Crippen molar-refractivity contribution in [2.24, 2.45) is 0 Å². The molecule has 3 rings (SSSR count). The second-order valence-electron chi connectivity index (χ2n) is 6.58. The fourth-order valence-corrected chi connectivity index (χ4v) is 3.61. The zero-order chi connectivity index (χ0) is 20.3. The number of nitrogens with zero attached hydrogens (tertiary/aromatic N) is 2. The monoisotopic (exact) mass is 434 g/mol. The lowest BCUT2D eigenvalue weighted by atomic mass is 10.2. The van der Waals surface area contributed by atoms with Crippen LogP contribution >= 0.6 is 34.5 Å². The molecule has 0 bridgehead atoms. The van der Waals surface area contributed by atoms with Crippen LogP contribution in [0, 0.1) is 0 Å². The van der Waals surface area contributed by atoms with Crippen molar-refractivity contribution in [1.29, 1.82) is 0 Å². The van der Waals surface area contributed by atoms with Gasteiger partial charge in [-0.1, -0.05) is 41.4 Å². The Morgan fingerprint density at radius 2 is 1.93 bits per heavy atom. The van der Waals surface area contributed by atoms with Gasteiger partial charge in [-0.15, -0.1) is 11.3 Å². The number of hydrogen-bond acceptors (Lipinski definition) is 4. The highest BCUT2D eigenvalue weighted by atomic mass is 35.5. The molecule has 0 atom stereocenters. The maximum atomic E-state index is 12.5. The second-order valence-corrected chi connectivity index (χ2v) is 8.25. The van der Waals surface area contributed by atoms with Gasteiger partial charge in [0, 0.05) is 18.5 Å². The molecule has 2 aromatic carbocycles. The van der Waals surface area contributed by atoms with E-state index in [0.717, 1.165) is 16.1 Å². The highest BCUT2D eigenvalue weighted by molar-refractivity contribution is 7.13. The smallest absolute Gasteiger partial charge is 0.273 e. The first-order valence-corrected chi connectivity index (χ1v) is 10.4. The van der Waals surface area contributed by atoms with Crippen LogP contribution < -0.4 is 4.74 Å². The predicted molar refractivity (Wildman–Crippen MR) is 116 cm³/mol. The molecule has 0 N–H and O–H groups in total. The SMILES string of the molecule is CC(C)N(C)C(=O)c1csc(-c2ccccc2OCc2ccc(Cl)c(Cl)c2)n1. The Morgan fingerprint density at radius 1 is 1.18 bits per heavy atom. The van der Waals surface area contributed by atoms with Crippen LogP contribution in [-0.2, 0) is 6.61 Å². The summed E-state index contributed by atoms with van der Waals surface area (Å²) in [6, 6.07) is 13.2. The lowest BCUT2D eigenvalue weighted by Crippen LogP contribution is -2.33. The molecule has 0 fully saturated rings. The van der Waals surface area contributed by atoms with E-state index in [1.807, 2.05) is 44.2 Å². The summed E-state index contributed by atoms with van der Waals surface area (Å²) in [5, 5.41) is 3.53. The molecule has 0 radical (unpaired) electrons. The minimum atomic E-state index is -0.0910. The number of ether oxygens (including phenoxy) is 1. The average Bonchev–Trinajstić information content (AvgIpc) is 3.18. The van der Waals surface area contributed by atoms with Gasteiger partial charge in [0.15, 0.2) is 0 Å². The highest BCUT2D eigenvalue weighted by Crippen LogP contribution is 2.33. The zero-order valence-corrected chi connectivity index (χ0v) is 18.1. The number of thiazole rings is 1. The number of carbonyl (C=O) groups excluding carboxylic acids is 1. The first kappa shape index (κ1) is 20.6. The third-order valence-corrected chi connectivity index (χ3v) is 5.93. The molecular formula is C21H20Cl2N2O2S. The van der Waals surface area contributed by atoms with E-state index in [1.165, 1.54) is 11.3 Å². The van der Waals surface area contributed by atoms with Gasteiger partial charge in [0.1, 0.15) is 23.1 Å². The van der Waals surface area contributed by atoms with Gasteiger partial charge < -0.3 is 9.64 Å². The van der Waals surface area contributed by atoms with E-state index in [0.29, 0.717) is 28.1 Å². The Hall–Kier alpha value is -2.08. The standard InChI is InChI=1S/C21H20Cl2N2O2S/c1-13(2)25(3)21(26)18-12-28-20(24-18)15-6-4-5-7-19(15)27-11-14-8-9-16(22)17(23)10-14/h4-10,12-13H,11H2,1-3H3.